The van der Waals surface area contributed by atoms with Crippen LogP contribution in [0.25, 0.3) is 10.9 Å². The molecule has 1 aromatic heterocycles. The molecule has 1 aliphatic rings. The van der Waals surface area contributed by atoms with Crippen LogP contribution in [0.15, 0.2) is 24.4 Å². The Labute approximate surface area is 86.9 Å². The molecule has 2 aromatic rings. The number of hydrogen-bond acceptors (Lipinski definition) is 1. The SMILES string of the molecule is Cn1ccc2cc(F)c(C3(O)CC3)cc21. The minimum atomic E-state index is -0.900. The molecular formula is C12H12FNO. The Hall–Kier alpha value is -1.35. The molecule has 15 heavy (non-hydrogen) atoms. The van der Waals surface area contributed by atoms with Crippen LogP contribution in [0.5, 0.6) is 0 Å². The number of hydrogen-bond donors (Lipinski definition) is 1. The number of fused-ring (bicyclic) bond motifs is 1. The summed E-state index contributed by atoms with van der Waals surface area (Å²) in [5.74, 6) is -0.297. The van der Waals surface area contributed by atoms with Gasteiger partial charge in [0.1, 0.15) is 5.82 Å². The molecule has 1 N–H and O–H groups in total. The van der Waals surface area contributed by atoms with Crippen molar-refractivity contribution in [2.24, 2.45) is 7.05 Å². The summed E-state index contributed by atoms with van der Waals surface area (Å²) < 4.78 is 15.6. The predicted octanol–water partition coefficient (Wildman–Crippen LogP) is 2.30. The van der Waals surface area contributed by atoms with Crippen molar-refractivity contribution in [3.05, 3.63) is 35.8 Å². The Kier molecular flexibility index (Phi) is 1.55. The van der Waals surface area contributed by atoms with Crippen LogP contribution in [0.3, 0.4) is 0 Å². The van der Waals surface area contributed by atoms with E-state index in [-0.39, 0.29) is 5.82 Å². The van der Waals surface area contributed by atoms with Gasteiger partial charge in [-0.25, -0.2) is 4.39 Å². The van der Waals surface area contributed by atoms with Crippen molar-refractivity contribution < 1.29 is 9.50 Å². The third kappa shape index (κ3) is 1.20. The van der Waals surface area contributed by atoms with Crippen LogP contribution in [0.2, 0.25) is 0 Å². The third-order valence-corrected chi connectivity index (χ3v) is 3.20. The predicted molar refractivity (Wildman–Crippen MR) is 56.0 cm³/mol. The second-order valence-corrected chi connectivity index (χ2v) is 4.35. The van der Waals surface area contributed by atoms with Crippen molar-refractivity contribution in [2.75, 3.05) is 0 Å². The molecule has 1 heterocycles. The number of rotatable bonds is 1. The van der Waals surface area contributed by atoms with Crippen LogP contribution in [0.1, 0.15) is 18.4 Å². The molecule has 0 atom stereocenters. The molecule has 1 aliphatic carbocycles. The zero-order valence-corrected chi connectivity index (χ0v) is 8.50. The molecule has 1 aromatic carbocycles. The monoisotopic (exact) mass is 205 g/mol. The van der Waals surface area contributed by atoms with Gasteiger partial charge in [0.15, 0.2) is 0 Å². The number of aliphatic hydroxyl groups is 1. The Morgan fingerprint density at radius 1 is 1.40 bits per heavy atom. The average molecular weight is 205 g/mol. The topological polar surface area (TPSA) is 25.2 Å². The summed E-state index contributed by atoms with van der Waals surface area (Å²) in [4.78, 5) is 0. The molecule has 0 aliphatic heterocycles. The first-order valence-electron chi connectivity index (χ1n) is 5.08. The summed E-state index contributed by atoms with van der Waals surface area (Å²) in [6, 6.07) is 5.14. The van der Waals surface area contributed by atoms with Gasteiger partial charge in [0, 0.05) is 29.7 Å². The lowest BCUT2D eigenvalue weighted by atomic mass is 10.1. The van der Waals surface area contributed by atoms with Crippen LogP contribution in [0.4, 0.5) is 4.39 Å². The Bertz CT molecular complexity index is 540. The van der Waals surface area contributed by atoms with Gasteiger partial charge in [-0.3, -0.25) is 0 Å². The summed E-state index contributed by atoms with van der Waals surface area (Å²) in [7, 11) is 1.92. The van der Waals surface area contributed by atoms with Gasteiger partial charge in [-0.05, 0) is 31.0 Å². The van der Waals surface area contributed by atoms with Crippen LogP contribution >= 0.6 is 0 Å². The largest absolute Gasteiger partial charge is 0.385 e. The summed E-state index contributed by atoms with van der Waals surface area (Å²) in [5.41, 5.74) is 0.506. The molecule has 0 saturated heterocycles. The van der Waals surface area contributed by atoms with Gasteiger partial charge in [0.05, 0.1) is 5.60 Å². The first-order valence-corrected chi connectivity index (χ1v) is 5.08. The van der Waals surface area contributed by atoms with Gasteiger partial charge in [0.25, 0.3) is 0 Å². The molecule has 0 unspecified atom stereocenters. The summed E-state index contributed by atoms with van der Waals surface area (Å²) in [5, 5.41) is 10.8. The highest BCUT2D eigenvalue weighted by molar-refractivity contribution is 5.81. The molecule has 3 heteroatoms. The number of aryl methyl sites for hydroxylation is 1. The van der Waals surface area contributed by atoms with Gasteiger partial charge >= 0.3 is 0 Å². The molecular weight excluding hydrogens is 193 g/mol. The second-order valence-electron chi connectivity index (χ2n) is 4.35. The molecule has 1 fully saturated rings. The molecule has 2 nitrogen and oxygen atoms in total. The van der Waals surface area contributed by atoms with Crippen molar-refractivity contribution in [1.29, 1.82) is 0 Å². The fourth-order valence-electron chi connectivity index (χ4n) is 2.03. The van der Waals surface area contributed by atoms with Gasteiger partial charge in [0.2, 0.25) is 0 Å². The van der Waals surface area contributed by atoms with Gasteiger partial charge in [-0.2, -0.15) is 0 Å². The van der Waals surface area contributed by atoms with Crippen LogP contribution in [-0.4, -0.2) is 9.67 Å². The standard InChI is InChI=1S/C12H12FNO/c1-14-5-2-8-6-10(13)9(7-11(8)14)12(15)3-4-12/h2,5-7,15H,3-4H2,1H3. The van der Waals surface area contributed by atoms with E-state index in [4.69, 9.17) is 0 Å². The quantitative estimate of drug-likeness (QED) is 0.759. The average Bonchev–Trinajstić information content (AvgIpc) is 2.84. The van der Waals surface area contributed by atoms with Crippen molar-refractivity contribution in [3.8, 4) is 0 Å². The molecule has 0 bridgehead atoms. The molecule has 0 radical (unpaired) electrons. The fraction of sp³-hybridized carbons (Fsp3) is 0.333. The molecule has 1 saturated carbocycles. The third-order valence-electron chi connectivity index (χ3n) is 3.20. The highest BCUT2D eigenvalue weighted by Crippen LogP contribution is 2.46. The van der Waals surface area contributed by atoms with Crippen LogP contribution < -0.4 is 0 Å². The Balaban J connectivity index is 2.30. The van der Waals surface area contributed by atoms with Crippen molar-refractivity contribution >= 4 is 10.9 Å². The van der Waals surface area contributed by atoms with Gasteiger partial charge in [-0.1, -0.05) is 0 Å². The van der Waals surface area contributed by atoms with E-state index in [9.17, 15) is 9.50 Å². The first kappa shape index (κ1) is 8.92. The normalized spacial score (nSPS) is 18.3. The van der Waals surface area contributed by atoms with Crippen LogP contribution in [-0.2, 0) is 12.6 Å². The van der Waals surface area contributed by atoms with Gasteiger partial charge in [-0.15, -0.1) is 0 Å². The van der Waals surface area contributed by atoms with Crippen LogP contribution in [0, 0.1) is 5.82 Å². The number of nitrogens with zero attached hydrogens (tertiary/aromatic N) is 1. The lowest BCUT2D eigenvalue weighted by molar-refractivity contribution is 0.147. The van der Waals surface area contributed by atoms with E-state index in [0.29, 0.717) is 18.4 Å². The van der Waals surface area contributed by atoms with E-state index in [1.54, 1.807) is 6.07 Å². The molecule has 3 rings (SSSR count). The highest BCUT2D eigenvalue weighted by Gasteiger charge is 2.44. The zero-order chi connectivity index (χ0) is 10.6. The molecule has 78 valence electrons. The fourth-order valence-corrected chi connectivity index (χ4v) is 2.03. The second kappa shape index (κ2) is 2.61. The first-order chi connectivity index (χ1) is 7.10. The number of halogens is 1. The molecule has 0 spiro atoms. The molecule has 0 amide bonds. The van der Waals surface area contributed by atoms with E-state index in [1.807, 2.05) is 23.9 Å². The number of aromatic nitrogens is 1. The lowest BCUT2D eigenvalue weighted by Gasteiger charge is -2.10. The highest BCUT2D eigenvalue weighted by atomic mass is 19.1. The maximum absolute atomic E-state index is 13.7. The minimum Gasteiger partial charge on any atom is -0.385 e. The van der Waals surface area contributed by atoms with E-state index in [2.05, 4.69) is 0 Å². The maximum Gasteiger partial charge on any atom is 0.130 e. The summed E-state index contributed by atoms with van der Waals surface area (Å²) >= 11 is 0. The Morgan fingerprint density at radius 2 is 2.13 bits per heavy atom. The van der Waals surface area contributed by atoms with E-state index in [1.165, 1.54) is 6.07 Å². The van der Waals surface area contributed by atoms with E-state index >= 15 is 0 Å². The minimum absolute atomic E-state index is 0.297. The summed E-state index contributed by atoms with van der Waals surface area (Å²) in [6.07, 6.45) is 3.23. The smallest absolute Gasteiger partial charge is 0.130 e. The van der Waals surface area contributed by atoms with E-state index in [0.717, 1.165) is 10.9 Å². The lowest BCUT2D eigenvalue weighted by Crippen LogP contribution is -2.07. The Morgan fingerprint density at radius 3 is 2.80 bits per heavy atom. The number of benzene rings is 1. The van der Waals surface area contributed by atoms with Crippen molar-refractivity contribution in [2.45, 2.75) is 18.4 Å². The zero-order valence-electron chi connectivity index (χ0n) is 8.50. The summed E-state index contributed by atoms with van der Waals surface area (Å²) in [6.45, 7) is 0. The van der Waals surface area contributed by atoms with Crippen molar-refractivity contribution in [3.63, 3.8) is 0 Å². The van der Waals surface area contributed by atoms with Gasteiger partial charge < -0.3 is 9.67 Å². The van der Waals surface area contributed by atoms with Crippen molar-refractivity contribution in [1.82, 2.24) is 4.57 Å². The van der Waals surface area contributed by atoms with E-state index < -0.39 is 5.60 Å². The maximum atomic E-state index is 13.7.